The summed E-state index contributed by atoms with van der Waals surface area (Å²) in [5, 5.41) is 3.33. The number of rotatable bonds is 3. The number of anilines is 1. The molecule has 92 valence electrons. The van der Waals surface area contributed by atoms with Crippen molar-refractivity contribution in [3.63, 3.8) is 0 Å². The zero-order valence-corrected chi connectivity index (χ0v) is 12.5. The standard InChI is InChI=1S/C12H14Br2N2O/c13-10-7-9(11(14)8-17)1-2-12(10)16-5-3-15-4-6-16/h1-2,7-8,11,15H,3-6H2. The lowest BCUT2D eigenvalue weighted by atomic mass is 10.1. The number of alkyl halides is 1. The minimum absolute atomic E-state index is 0.226. The highest BCUT2D eigenvalue weighted by Crippen LogP contribution is 2.31. The normalized spacial score (nSPS) is 17.9. The van der Waals surface area contributed by atoms with E-state index in [1.165, 1.54) is 5.69 Å². The van der Waals surface area contributed by atoms with E-state index in [9.17, 15) is 4.79 Å². The van der Waals surface area contributed by atoms with Crippen molar-refractivity contribution in [2.45, 2.75) is 4.83 Å². The van der Waals surface area contributed by atoms with Crippen LogP contribution in [0.15, 0.2) is 22.7 Å². The molecule has 1 aromatic carbocycles. The molecular weight excluding hydrogens is 348 g/mol. The van der Waals surface area contributed by atoms with Crippen LogP contribution in [0.2, 0.25) is 0 Å². The van der Waals surface area contributed by atoms with Gasteiger partial charge in [-0.1, -0.05) is 22.0 Å². The molecule has 0 aromatic heterocycles. The number of carbonyl (C=O) groups is 1. The molecule has 0 saturated carbocycles. The first-order valence-corrected chi connectivity index (χ1v) is 7.27. The smallest absolute Gasteiger partial charge is 0.138 e. The second-order valence-electron chi connectivity index (χ2n) is 3.99. The molecule has 5 heteroatoms. The summed E-state index contributed by atoms with van der Waals surface area (Å²) in [6.45, 7) is 4.07. The molecule has 1 N–H and O–H groups in total. The van der Waals surface area contributed by atoms with E-state index < -0.39 is 0 Å². The molecule has 3 nitrogen and oxygen atoms in total. The predicted molar refractivity (Wildman–Crippen MR) is 77.0 cm³/mol. The van der Waals surface area contributed by atoms with Crippen LogP contribution in [0.25, 0.3) is 0 Å². The first-order valence-electron chi connectivity index (χ1n) is 5.57. The highest BCUT2D eigenvalue weighted by molar-refractivity contribution is 9.10. The lowest BCUT2D eigenvalue weighted by molar-refractivity contribution is -0.107. The van der Waals surface area contributed by atoms with Gasteiger partial charge in [0.2, 0.25) is 0 Å². The molecule has 1 saturated heterocycles. The Morgan fingerprint density at radius 1 is 1.35 bits per heavy atom. The topological polar surface area (TPSA) is 32.3 Å². The summed E-state index contributed by atoms with van der Waals surface area (Å²) in [6.07, 6.45) is 0.895. The minimum Gasteiger partial charge on any atom is -0.368 e. The first-order chi connectivity index (χ1) is 8.22. The summed E-state index contributed by atoms with van der Waals surface area (Å²) in [5.74, 6) is 0. The van der Waals surface area contributed by atoms with Crippen molar-refractivity contribution in [2.24, 2.45) is 0 Å². The van der Waals surface area contributed by atoms with E-state index in [-0.39, 0.29) is 4.83 Å². The second kappa shape index (κ2) is 5.98. The van der Waals surface area contributed by atoms with Gasteiger partial charge in [0.1, 0.15) is 6.29 Å². The SMILES string of the molecule is O=CC(Br)c1ccc(N2CCNCC2)c(Br)c1. The molecule has 0 spiro atoms. The summed E-state index contributed by atoms with van der Waals surface area (Å²) in [6, 6.07) is 6.07. The van der Waals surface area contributed by atoms with Crippen molar-refractivity contribution >= 4 is 43.8 Å². The Kier molecular flexibility index (Phi) is 4.59. The molecule has 0 amide bonds. The van der Waals surface area contributed by atoms with Gasteiger partial charge in [0.25, 0.3) is 0 Å². The summed E-state index contributed by atoms with van der Waals surface area (Å²) >= 11 is 6.91. The van der Waals surface area contributed by atoms with Crippen molar-refractivity contribution in [1.82, 2.24) is 5.32 Å². The third kappa shape index (κ3) is 3.09. The molecule has 0 bridgehead atoms. The maximum absolute atomic E-state index is 10.7. The fourth-order valence-electron chi connectivity index (χ4n) is 1.94. The summed E-state index contributed by atoms with van der Waals surface area (Å²) in [7, 11) is 0. The molecule has 1 aliphatic heterocycles. The average molecular weight is 362 g/mol. The molecule has 0 radical (unpaired) electrons. The van der Waals surface area contributed by atoms with Gasteiger partial charge < -0.3 is 15.0 Å². The van der Waals surface area contributed by atoms with E-state index in [4.69, 9.17) is 0 Å². The van der Waals surface area contributed by atoms with Gasteiger partial charge in [-0.05, 0) is 33.6 Å². The van der Waals surface area contributed by atoms with Gasteiger partial charge in [-0.25, -0.2) is 0 Å². The molecule has 2 rings (SSSR count). The van der Waals surface area contributed by atoms with E-state index in [1.807, 2.05) is 12.1 Å². The molecule has 0 aliphatic carbocycles. The number of halogens is 2. The fraction of sp³-hybridized carbons (Fsp3) is 0.417. The lowest BCUT2D eigenvalue weighted by Gasteiger charge is -2.30. The predicted octanol–water partition coefficient (Wildman–Crippen LogP) is 2.49. The Morgan fingerprint density at radius 2 is 2.06 bits per heavy atom. The highest BCUT2D eigenvalue weighted by Gasteiger charge is 2.15. The van der Waals surface area contributed by atoms with Crippen molar-refractivity contribution in [3.05, 3.63) is 28.2 Å². The Morgan fingerprint density at radius 3 is 2.65 bits per heavy atom. The number of piperazine rings is 1. The van der Waals surface area contributed by atoms with E-state index in [0.29, 0.717) is 0 Å². The molecule has 1 aromatic rings. The molecule has 1 fully saturated rings. The molecular formula is C12H14Br2N2O. The second-order valence-corrected chi connectivity index (χ2v) is 5.83. The molecule has 1 aliphatic rings. The van der Waals surface area contributed by atoms with Gasteiger partial charge in [0.05, 0.1) is 10.5 Å². The Hall–Kier alpha value is -0.390. The van der Waals surface area contributed by atoms with E-state index in [0.717, 1.165) is 42.5 Å². The summed E-state index contributed by atoms with van der Waals surface area (Å²) < 4.78 is 1.04. The van der Waals surface area contributed by atoms with Gasteiger partial charge in [-0.3, -0.25) is 0 Å². The minimum atomic E-state index is -0.226. The third-order valence-corrected chi connectivity index (χ3v) is 4.25. The maximum atomic E-state index is 10.7. The van der Waals surface area contributed by atoms with Gasteiger partial charge in [-0.2, -0.15) is 0 Å². The summed E-state index contributed by atoms with van der Waals surface area (Å²) in [5.41, 5.74) is 2.17. The monoisotopic (exact) mass is 360 g/mol. The van der Waals surface area contributed by atoms with Crippen LogP contribution in [0.4, 0.5) is 5.69 Å². The number of nitrogens with zero attached hydrogens (tertiary/aromatic N) is 1. The Bertz CT molecular complexity index is 405. The highest BCUT2D eigenvalue weighted by atomic mass is 79.9. The van der Waals surface area contributed by atoms with Crippen LogP contribution in [0.1, 0.15) is 10.4 Å². The molecule has 17 heavy (non-hydrogen) atoms. The van der Waals surface area contributed by atoms with E-state index in [2.05, 4.69) is 48.1 Å². The van der Waals surface area contributed by atoms with Crippen LogP contribution >= 0.6 is 31.9 Å². The van der Waals surface area contributed by atoms with Gasteiger partial charge in [-0.15, -0.1) is 0 Å². The van der Waals surface area contributed by atoms with Gasteiger partial charge in [0, 0.05) is 30.7 Å². The zero-order valence-electron chi connectivity index (χ0n) is 9.33. The van der Waals surface area contributed by atoms with Crippen molar-refractivity contribution in [3.8, 4) is 0 Å². The zero-order chi connectivity index (χ0) is 12.3. The van der Waals surface area contributed by atoms with Crippen LogP contribution in [-0.4, -0.2) is 32.5 Å². The van der Waals surface area contributed by atoms with Crippen LogP contribution < -0.4 is 10.2 Å². The summed E-state index contributed by atoms with van der Waals surface area (Å²) in [4.78, 5) is 12.8. The fourth-order valence-corrected chi connectivity index (χ4v) is 2.87. The van der Waals surface area contributed by atoms with Crippen LogP contribution in [-0.2, 0) is 4.79 Å². The quantitative estimate of drug-likeness (QED) is 0.663. The van der Waals surface area contributed by atoms with Crippen molar-refractivity contribution < 1.29 is 4.79 Å². The molecule has 1 atom stereocenters. The third-order valence-electron chi connectivity index (χ3n) is 2.87. The average Bonchev–Trinajstić information content (AvgIpc) is 2.38. The first kappa shape index (κ1) is 13.1. The van der Waals surface area contributed by atoms with Crippen molar-refractivity contribution in [2.75, 3.05) is 31.1 Å². The Labute approximate surface area is 118 Å². The molecule has 1 heterocycles. The number of hydrogen-bond acceptors (Lipinski definition) is 3. The largest absolute Gasteiger partial charge is 0.368 e. The number of hydrogen-bond donors (Lipinski definition) is 1. The van der Waals surface area contributed by atoms with Crippen LogP contribution in [0, 0.1) is 0 Å². The van der Waals surface area contributed by atoms with Crippen LogP contribution in [0.3, 0.4) is 0 Å². The Balaban J connectivity index is 2.21. The number of carbonyl (C=O) groups excluding carboxylic acids is 1. The van der Waals surface area contributed by atoms with Crippen LogP contribution in [0.5, 0.6) is 0 Å². The van der Waals surface area contributed by atoms with Gasteiger partial charge >= 0.3 is 0 Å². The number of benzene rings is 1. The van der Waals surface area contributed by atoms with Gasteiger partial charge in [0.15, 0.2) is 0 Å². The maximum Gasteiger partial charge on any atom is 0.138 e. The van der Waals surface area contributed by atoms with Crippen molar-refractivity contribution in [1.29, 1.82) is 0 Å². The van der Waals surface area contributed by atoms with E-state index >= 15 is 0 Å². The van der Waals surface area contributed by atoms with E-state index in [1.54, 1.807) is 0 Å². The number of nitrogens with one attached hydrogen (secondary N) is 1. The lowest BCUT2D eigenvalue weighted by Crippen LogP contribution is -2.43. The molecule has 1 unspecified atom stereocenters. The number of aldehydes is 1.